The fourth-order valence-electron chi connectivity index (χ4n) is 0.322. The van der Waals surface area contributed by atoms with Crippen LogP contribution in [0, 0.1) is 11.3 Å². The van der Waals surface area contributed by atoms with Crippen molar-refractivity contribution in [2.24, 2.45) is 10.8 Å². The molecule has 0 spiro atoms. The van der Waals surface area contributed by atoms with E-state index in [-0.39, 0.29) is 5.11 Å². The first-order valence-corrected chi connectivity index (χ1v) is 3.26. The Labute approximate surface area is 74.5 Å². The smallest absolute Gasteiger partial charge is 0.199 e. The van der Waals surface area contributed by atoms with E-state index in [0.717, 1.165) is 18.4 Å². The van der Waals surface area contributed by atoms with Crippen LogP contribution in [-0.2, 0) is 4.79 Å². The molecule has 12 heavy (non-hydrogen) atoms. The van der Waals surface area contributed by atoms with Crippen LogP contribution in [0.3, 0.4) is 0 Å². The second kappa shape index (κ2) is 6.00. The molecule has 0 fully saturated rings. The molecule has 0 saturated carbocycles. The van der Waals surface area contributed by atoms with E-state index in [9.17, 15) is 4.79 Å². The van der Waals surface area contributed by atoms with Crippen LogP contribution >= 0.6 is 12.2 Å². The lowest BCUT2D eigenvalue weighted by Crippen LogP contribution is -2.24. The minimum Gasteiger partial charge on any atom is -0.375 e. The van der Waals surface area contributed by atoms with Gasteiger partial charge >= 0.3 is 0 Å². The van der Waals surface area contributed by atoms with Crippen molar-refractivity contribution in [3.05, 3.63) is 12.2 Å². The second-order valence-corrected chi connectivity index (χ2v) is 2.04. The van der Waals surface area contributed by atoms with E-state index in [1.165, 1.54) is 0 Å². The molecule has 0 rings (SSSR count). The van der Waals surface area contributed by atoms with Crippen molar-refractivity contribution >= 4 is 29.3 Å². The average molecular weight is 182 g/mol. The van der Waals surface area contributed by atoms with Gasteiger partial charge in [-0.1, -0.05) is 0 Å². The summed E-state index contributed by atoms with van der Waals surface area (Å²) >= 11 is 4.41. The number of hydrogen-bond acceptors (Lipinski definition) is 4. The van der Waals surface area contributed by atoms with Gasteiger partial charge in [-0.25, -0.2) is 0 Å². The lowest BCUT2D eigenvalue weighted by Gasteiger charge is -1.90. The van der Waals surface area contributed by atoms with Gasteiger partial charge in [0.15, 0.2) is 10.9 Å². The maximum atomic E-state index is 10.7. The summed E-state index contributed by atoms with van der Waals surface area (Å²) in [5.41, 5.74) is 7.20. The third-order valence-corrected chi connectivity index (χ3v) is 0.780. The van der Waals surface area contributed by atoms with Crippen LogP contribution in [0.5, 0.6) is 0 Å². The molecule has 0 aromatic rings. The zero-order chi connectivity index (χ0) is 9.40. The predicted octanol–water partition coefficient (Wildman–Crippen LogP) is -0.546. The van der Waals surface area contributed by atoms with Gasteiger partial charge in [0.25, 0.3) is 0 Å². The topological polar surface area (TPSA) is 91.3 Å². The molecule has 6 heteroatoms. The van der Waals surface area contributed by atoms with E-state index >= 15 is 0 Å². The quantitative estimate of drug-likeness (QED) is 0.201. The van der Waals surface area contributed by atoms with Crippen molar-refractivity contribution in [1.82, 2.24) is 5.43 Å². The molecule has 0 amide bonds. The highest BCUT2D eigenvalue weighted by Gasteiger charge is 1.87. The molecule has 5 nitrogen and oxygen atoms in total. The molecule has 0 unspecified atom stereocenters. The van der Waals surface area contributed by atoms with E-state index in [4.69, 9.17) is 11.0 Å². The Kier molecular flexibility index (Phi) is 5.13. The molecule has 0 aliphatic rings. The summed E-state index contributed by atoms with van der Waals surface area (Å²) in [6.07, 6.45) is 3.09. The molecular weight excluding hydrogens is 176 g/mol. The van der Waals surface area contributed by atoms with E-state index in [1.54, 1.807) is 6.07 Å². The summed E-state index contributed by atoms with van der Waals surface area (Å²) in [6, 6.07) is 1.66. The fraction of sp³-hybridized carbons (Fsp3) is 0. The number of ketones is 1. The van der Waals surface area contributed by atoms with Crippen molar-refractivity contribution in [3.8, 4) is 6.07 Å². The number of nitrogens with zero attached hydrogens (tertiary/aromatic N) is 2. The molecule has 0 saturated heterocycles. The van der Waals surface area contributed by atoms with E-state index in [0.29, 0.717) is 0 Å². The largest absolute Gasteiger partial charge is 0.375 e. The SMILES string of the molecule is N#C/C=C/C(=O)/C=N/NC(N)=S. The van der Waals surface area contributed by atoms with E-state index in [2.05, 4.69) is 22.7 Å². The van der Waals surface area contributed by atoms with Gasteiger partial charge in [-0.05, 0) is 18.3 Å². The third kappa shape index (κ3) is 6.38. The number of nitriles is 1. The molecule has 0 heterocycles. The molecule has 0 atom stereocenters. The van der Waals surface area contributed by atoms with Crippen molar-refractivity contribution in [1.29, 1.82) is 5.26 Å². The number of hydrazone groups is 1. The zero-order valence-electron chi connectivity index (χ0n) is 6.02. The van der Waals surface area contributed by atoms with Gasteiger partial charge in [0, 0.05) is 6.08 Å². The summed E-state index contributed by atoms with van der Waals surface area (Å²) in [5, 5.41) is 11.4. The Hall–Kier alpha value is -1.74. The molecule has 3 N–H and O–H groups in total. The zero-order valence-corrected chi connectivity index (χ0v) is 6.84. The summed E-state index contributed by atoms with van der Waals surface area (Å²) in [5.74, 6) is -0.416. The number of hydrogen-bond donors (Lipinski definition) is 2. The average Bonchev–Trinajstić information content (AvgIpc) is 2.00. The van der Waals surface area contributed by atoms with Crippen LogP contribution in [0.4, 0.5) is 0 Å². The molecule has 0 aliphatic carbocycles. The number of nitrogens with two attached hydrogens (primary N) is 1. The monoisotopic (exact) mass is 182 g/mol. The maximum absolute atomic E-state index is 10.7. The molecule has 62 valence electrons. The minimum absolute atomic E-state index is 0.0247. The molecule has 0 aromatic carbocycles. The minimum atomic E-state index is -0.416. The number of carbonyl (C=O) groups excluding carboxylic acids is 1. The Morgan fingerprint density at radius 3 is 2.92 bits per heavy atom. The van der Waals surface area contributed by atoms with Crippen molar-refractivity contribution < 1.29 is 4.79 Å². The van der Waals surface area contributed by atoms with E-state index < -0.39 is 5.78 Å². The Balaban J connectivity index is 3.86. The lowest BCUT2D eigenvalue weighted by atomic mass is 10.4. The van der Waals surface area contributed by atoms with Crippen LogP contribution in [-0.4, -0.2) is 17.1 Å². The second-order valence-electron chi connectivity index (χ2n) is 1.60. The highest BCUT2D eigenvalue weighted by atomic mass is 32.1. The van der Waals surface area contributed by atoms with Crippen LogP contribution < -0.4 is 11.2 Å². The first-order chi connectivity index (χ1) is 5.66. The first kappa shape index (κ1) is 10.3. The van der Waals surface area contributed by atoms with Gasteiger partial charge in [0.05, 0.1) is 12.3 Å². The van der Waals surface area contributed by atoms with Gasteiger partial charge in [-0.15, -0.1) is 0 Å². The van der Waals surface area contributed by atoms with Gasteiger partial charge in [-0.2, -0.15) is 10.4 Å². The summed E-state index contributed by atoms with van der Waals surface area (Å²) in [4.78, 5) is 10.7. The van der Waals surface area contributed by atoms with Crippen LogP contribution in [0.25, 0.3) is 0 Å². The number of carbonyl (C=O) groups is 1. The molecule has 0 radical (unpaired) electrons. The molecular formula is C6H6N4OS. The van der Waals surface area contributed by atoms with Crippen LogP contribution in [0.15, 0.2) is 17.3 Å². The normalized spacial score (nSPS) is 9.92. The fourth-order valence-corrected chi connectivity index (χ4v) is 0.375. The van der Waals surface area contributed by atoms with E-state index in [1.807, 2.05) is 0 Å². The van der Waals surface area contributed by atoms with Crippen molar-refractivity contribution in [3.63, 3.8) is 0 Å². The van der Waals surface area contributed by atoms with Crippen LogP contribution in [0.2, 0.25) is 0 Å². The van der Waals surface area contributed by atoms with Gasteiger partial charge in [-0.3, -0.25) is 10.2 Å². The number of rotatable bonds is 3. The Morgan fingerprint density at radius 1 is 1.75 bits per heavy atom. The lowest BCUT2D eigenvalue weighted by molar-refractivity contribution is -0.108. The summed E-state index contributed by atoms with van der Waals surface area (Å²) < 4.78 is 0. The third-order valence-electron chi connectivity index (χ3n) is 0.689. The molecule has 0 aliphatic heterocycles. The summed E-state index contributed by atoms with van der Waals surface area (Å²) in [6.45, 7) is 0. The predicted molar refractivity (Wildman–Crippen MR) is 48.2 cm³/mol. The molecule has 0 aromatic heterocycles. The van der Waals surface area contributed by atoms with Crippen molar-refractivity contribution in [2.75, 3.05) is 0 Å². The van der Waals surface area contributed by atoms with Gasteiger partial charge < -0.3 is 5.73 Å². The van der Waals surface area contributed by atoms with Gasteiger partial charge in [0.1, 0.15) is 0 Å². The highest BCUT2D eigenvalue weighted by molar-refractivity contribution is 7.80. The number of thiocarbonyl (C=S) groups is 1. The standard InChI is InChI=1S/C6H6N4OS/c7-3-1-2-5(11)4-9-10-6(8)12/h1-2,4H,(H3,8,10,12)/b2-1+,9-4+. The summed E-state index contributed by atoms with van der Waals surface area (Å²) in [7, 11) is 0. The Morgan fingerprint density at radius 2 is 2.42 bits per heavy atom. The first-order valence-electron chi connectivity index (χ1n) is 2.85. The maximum Gasteiger partial charge on any atom is 0.199 e. The number of allylic oxidation sites excluding steroid dienone is 2. The van der Waals surface area contributed by atoms with Gasteiger partial charge in [0.2, 0.25) is 0 Å². The van der Waals surface area contributed by atoms with Crippen molar-refractivity contribution in [2.45, 2.75) is 0 Å². The Bertz CT molecular complexity index is 276. The van der Waals surface area contributed by atoms with Crippen LogP contribution in [0.1, 0.15) is 0 Å². The number of nitrogens with one attached hydrogen (secondary N) is 1. The molecule has 0 bridgehead atoms. The highest BCUT2D eigenvalue weighted by Crippen LogP contribution is 1.71.